The van der Waals surface area contributed by atoms with Crippen LogP contribution in [0.2, 0.25) is 0 Å². The lowest BCUT2D eigenvalue weighted by Crippen LogP contribution is -2.16. The molecule has 1 amide bonds. The molecule has 2 N–H and O–H groups in total. The van der Waals surface area contributed by atoms with Crippen molar-refractivity contribution in [2.45, 2.75) is 6.42 Å². The normalized spacial score (nSPS) is 10.1. The molecule has 138 valence electrons. The van der Waals surface area contributed by atoms with Crippen LogP contribution in [-0.4, -0.2) is 19.6 Å². The highest BCUT2D eigenvalue weighted by atomic mass is 16.5. The molecule has 3 aromatic rings. The number of benzene rings is 3. The van der Waals surface area contributed by atoms with Crippen LogP contribution in [0.5, 0.6) is 17.2 Å². The van der Waals surface area contributed by atoms with Crippen LogP contribution in [0.1, 0.15) is 6.42 Å². The van der Waals surface area contributed by atoms with E-state index >= 15 is 0 Å². The van der Waals surface area contributed by atoms with Crippen LogP contribution in [0.4, 0.5) is 11.4 Å². The highest BCUT2D eigenvalue weighted by molar-refractivity contribution is 5.92. The third kappa shape index (κ3) is 5.51. The topological polar surface area (TPSA) is 59.6 Å². The number of para-hydroxylation sites is 3. The first-order chi connectivity index (χ1) is 13.2. The smallest absolute Gasteiger partial charge is 0.226 e. The molecule has 5 heteroatoms. The SMILES string of the molecule is COc1cccc(NCCC(=O)Nc2ccccc2Oc2ccccc2)c1. The van der Waals surface area contributed by atoms with Crippen molar-refractivity contribution in [3.8, 4) is 17.2 Å². The highest BCUT2D eigenvalue weighted by Gasteiger charge is 2.08. The van der Waals surface area contributed by atoms with E-state index in [4.69, 9.17) is 9.47 Å². The Morgan fingerprint density at radius 1 is 0.889 bits per heavy atom. The van der Waals surface area contributed by atoms with Gasteiger partial charge in [-0.05, 0) is 36.4 Å². The van der Waals surface area contributed by atoms with Gasteiger partial charge in [-0.15, -0.1) is 0 Å². The fourth-order valence-electron chi connectivity index (χ4n) is 2.54. The van der Waals surface area contributed by atoms with E-state index in [-0.39, 0.29) is 5.91 Å². The monoisotopic (exact) mass is 362 g/mol. The maximum absolute atomic E-state index is 12.3. The molecular formula is C22H22N2O3. The van der Waals surface area contributed by atoms with Crippen LogP contribution >= 0.6 is 0 Å². The highest BCUT2D eigenvalue weighted by Crippen LogP contribution is 2.29. The van der Waals surface area contributed by atoms with Gasteiger partial charge >= 0.3 is 0 Å². The molecular weight excluding hydrogens is 340 g/mol. The second-order valence-corrected chi connectivity index (χ2v) is 5.87. The molecule has 0 heterocycles. The van der Waals surface area contributed by atoms with E-state index in [1.165, 1.54) is 0 Å². The summed E-state index contributed by atoms with van der Waals surface area (Å²) in [6, 6.07) is 24.5. The minimum Gasteiger partial charge on any atom is -0.497 e. The van der Waals surface area contributed by atoms with E-state index in [0.717, 1.165) is 17.2 Å². The average molecular weight is 362 g/mol. The Balaban J connectivity index is 1.55. The number of nitrogens with one attached hydrogen (secondary N) is 2. The van der Waals surface area contributed by atoms with Gasteiger partial charge in [0.2, 0.25) is 5.91 Å². The fourth-order valence-corrected chi connectivity index (χ4v) is 2.54. The van der Waals surface area contributed by atoms with Crippen LogP contribution in [0, 0.1) is 0 Å². The Hall–Kier alpha value is -3.47. The second kappa shape index (κ2) is 9.29. The van der Waals surface area contributed by atoms with Crippen molar-refractivity contribution in [1.82, 2.24) is 0 Å². The molecule has 0 radical (unpaired) electrons. The predicted molar refractivity (Wildman–Crippen MR) is 108 cm³/mol. The largest absolute Gasteiger partial charge is 0.497 e. The van der Waals surface area contributed by atoms with Gasteiger partial charge in [-0.25, -0.2) is 0 Å². The van der Waals surface area contributed by atoms with Gasteiger partial charge in [-0.3, -0.25) is 4.79 Å². The van der Waals surface area contributed by atoms with E-state index in [9.17, 15) is 4.79 Å². The summed E-state index contributed by atoms with van der Waals surface area (Å²) in [4.78, 5) is 12.3. The summed E-state index contributed by atoms with van der Waals surface area (Å²) < 4.78 is 11.1. The first-order valence-electron chi connectivity index (χ1n) is 8.74. The Morgan fingerprint density at radius 3 is 2.44 bits per heavy atom. The summed E-state index contributed by atoms with van der Waals surface area (Å²) in [6.45, 7) is 0.515. The molecule has 0 saturated carbocycles. The molecule has 27 heavy (non-hydrogen) atoms. The van der Waals surface area contributed by atoms with Gasteiger partial charge < -0.3 is 20.1 Å². The van der Waals surface area contributed by atoms with Crippen molar-refractivity contribution >= 4 is 17.3 Å². The lowest BCUT2D eigenvalue weighted by atomic mass is 10.2. The number of carbonyl (C=O) groups excluding carboxylic acids is 1. The van der Waals surface area contributed by atoms with Gasteiger partial charge in [0.25, 0.3) is 0 Å². The molecule has 0 aromatic heterocycles. The summed E-state index contributed by atoms with van der Waals surface area (Å²) in [5, 5.41) is 6.13. The molecule has 0 aliphatic rings. The quantitative estimate of drug-likeness (QED) is 0.597. The number of ether oxygens (including phenoxy) is 2. The van der Waals surface area contributed by atoms with Gasteiger partial charge in [0, 0.05) is 24.7 Å². The molecule has 0 unspecified atom stereocenters. The van der Waals surface area contributed by atoms with E-state index < -0.39 is 0 Å². The summed E-state index contributed by atoms with van der Waals surface area (Å²) in [7, 11) is 1.63. The number of amides is 1. The van der Waals surface area contributed by atoms with Gasteiger partial charge in [-0.2, -0.15) is 0 Å². The third-order valence-electron chi connectivity index (χ3n) is 3.88. The lowest BCUT2D eigenvalue weighted by Gasteiger charge is -2.12. The molecule has 3 aromatic carbocycles. The van der Waals surface area contributed by atoms with E-state index in [0.29, 0.717) is 24.4 Å². The maximum atomic E-state index is 12.3. The second-order valence-electron chi connectivity index (χ2n) is 5.87. The zero-order chi connectivity index (χ0) is 18.9. The minimum atomic E-state index is -0.0884. The van der Waals surface area contributed by atoms with Crippen LogP contribution in [0.15, 0.2) is 78.9 Å². The standard InChI is InChI=1S/C22H22N2O3/c1-26-19-11-7-8-17(16-19)23-15-14-22(25)24-20-12-5-6-13-21(20)27-18-9-3-2-4-10-18/h2-13,16,23H,14-15H2,1H3,(H,24,25). The van der Waals surface area contributed by atoms with Crippen LogP contribution in [-0.2, 0) is 4.79 Å². The number of rotatable bonds is 8. The van der Waals surface area contributed by atoms with Crippen LogP contribution in [0.3, 0.4) is 0 Å². The summed E-state index contributed by atoms with van der Waals surface area (Å²) in [6.07, 6.45) is 0.330. The van der Waals surface area contributed by atoms with Crippen molar-refractivity contribution in [2.75, 3.05) is 24.3 Å². The zero-order valence-electron chi connectivity index (χ0n) is 15.1. The first kappa shape index (κ1) is 18.3. The van der Waals surface area contributed by atoms with Crippen molar-refractivity contribution in [1.29, 1.82) is 0 Å². The van der Waals surface area contributed by atoms with E-state index in [1.807, 2.05) is 78.9 Å². The molecule has 5 nitrogen and oxygen atoms in total. The van der Waals surface area contributed by atoms with Gasteiger partial charge in [0.15, 0.2) is 5.75 Å². The summed E-state index contributed by atoms with van der Waals surface area (Å²) in [5.74, 6) is 2.02. The van der Waals surface area contributed by atoms with Gasteiger partial charge in [0.1, 0.15) is 11.5 Å². The van der Waals surface area contributed by atoms with Crippen LogP contribution < -0.4 is 20.1 Å². The third-order valence-corrected chi connectivity index (χ3v) is 3.88. The Labute approximate surface area is 158 Å². The predicted octanol–water partition coefficient (Wildman–Crippen LogP) is 4.93. The van der Waals surface area contributed by atoms with Gasteiger partial charge in [-0.1, -0.05) is 36.4 Å². The van der Waals surface area contributed by atoms with Crippen molar-refractivity contribution < 1.29 is 14.3 Å². The summed E-state index contributed by atoms with van der Waals surface area (Å²) in [5.41, 5.74) is 1.56. The average Bonchev–Trinajstić information content (AvgIpc) is 2.70. The van der Waals surface area contributed by atoms with E-state index in [1.54, 1.807) is 7.11 Å². The first-order valence-corrected chi connectivity index (χ1v) is 8.74. The lowest BCUT2D eigenvalue weighted by molar-refractivity contribution is -0.116. The van der Waals surface area contributed by atoms with Crippen LogP contribution in [0.25, 0.3) is 0 Å². The number of hydrogen-bond acceptors (Lipinski definition) is 4. The molecule has 0 atom stereocenters. The zero-order valence-corrected chi connectivity index (χ0v) is 15.1. The van der Waals surface area contributed by atoms with Crippen molar-refractivity contribution in [2.24, 2.45) is 0 Å². The molecule has 0 fully saturated rings. The number of methoxy groups -OCH3 is 1. The Bertz CT molecular complexity index is 881. The molecule has 0 bridgehead atoms. The number of hydrogen-bond donors (Lipinski definition) is 2. The fraction of sp³-hybridized carbons (Fsp3) is 0.136. The molecule has 0 aliphatic carbocycles. The van der Waals surface area contributed by atoms with Crippen molar-refractivity contribution in [3.63, 3.8) is 0 Å². The van der Waals surface area contributed by atoms with Gasteiger partial charge in [0.05, 0.1) is 12.8 Å². The molecule has 3 rings (SSSR count). The number of anilines is 2. The van der Waals surface area contributed by atoms with E-state index in [2.05, 4.69) is 10.6 Å². The maximum Gasteiger partial charge on any atom is 0.226 e. The number of carbonyl (C=O) groups is 1. The molecule has 0 aliphatic heterocycles. The molecule has 0 spiro atoms. The summed E-state index contributed by atoms with van der Waals surface area (Å²) >= 11 is 0. The Kier molecular flexibility index (Phi) is 6.30. The van der Waals surface area contributed by atoms with Crippen molar-refractivity contribution in [3.05, 3.63) is 78.9 Å². The Morgan fingerprint density at radius 2 is 1.63 bits per heavy atom. The minimum absolute atomic E-state index is 0.0884. The molecule has 0 saturated heterocycles.